The fraction of sp³-hybridized carbons (Fsp3) is 0.167. The monoisotopic (exact) mass is 267 g/mol. The first-order valence-electron chi connectivity index (χ1n) is 5.52. The van der Waals surface area contributed by atoms with Crippen molar-refractivity contribution in [2.75, 3.05) is 11.9 Å². The number of carboxylic acids is 1. The molecule has 0 bridgehead atoms. The van der Waals surface area contributed by atoms with Gasteiger partial charge >= 0.3 is 5.97 Å². The number of H-pyrrole nitrogens is 1. The lowest BCUT2D eigenvalue weighted by Crippen LogP contribution is -2.10. The molecule has 0 aliphatic heterocycles. The van der Waals surface area contributed by atoms with E-state index in [4.69, 9.17) is 5.11 Å². The summed E-state index contributed by atoms with van der Waals surface area (Å²) in [5.41, 5.74) is 0.106. The van der Waals surface area contributed by atoms with Crippen LogP contribution in [0.1, 0.15) is 16.1 Å². The Balaban J connectivity index is 2.05. The van der Waals surface area contributed by atoms with Gasteiger partial charge in [0.1, 0.15) is 0 Å². The summed E-state index contributed by atoms with van der Waals surface area (Å²) < 4.78 is 27.0. The molecular formula is C12H11F2N3O2. The predicted molar refractivity (Wildman–Crippen MR) is 64.1 cm³/mol. The molecule has 1 aromatic carbocycles. The molecule has 2 aromatic rings. The SMILES string of the molecule is O=C(O)c1ccc(NCCc2cnc[nH]2)c(F)c1F. The average Bonchev–Trinajstić information content (AvgIpc) is 2.87. The summed E-state index contributed by atoms with van der Waals surface area (Å²) in [6, 6.07) is 2.23. The lowest BCUT2D eigenvalue weighted by Gasteiger charge is -2.08. The number of hydrogen-bond acceptors (Lipinski definition) is 3. The van der Waals surface area contributed by atoms with Gasteiger partial charge in [0.25, 0.3) is 0 Å². The molecule has 19 heavy (non-hydrogen) atoms. The van der Waals surface area contributed by atoms with Crippen LogP contribution in [0.4, 0.5) is 14.5 Å². The standard InChI is InChI=1S/C12H11F2N3O2/c13-10-8(12(18)19)1-2-9(11(10)14)16-4-3-7-5-15-6-17-7/h1-2,5-6,16H,3-4H2,(H,15,17)(H,18,19). The Bertz CT molecular complexity index is 585. The van der Waals surface area contributed by atoms with Gasteiger partial charge in [-0.15, -0.1) is 0 Å². The van der Waals surface area contributed by atoms with E-state index in [0.717, 1.165) is 11.8 Å². The molecule has 0 aliphatic rings. The fourth-order valence-electron chi connectivity index (χ4n) is 1.60. The van der Waals surface area contributed by atoms with Crippen LogP contribution in [0.3, 0.4) is 0 Å². The third-order valence-corrected chi connectivity index (χ3v) is 2.58. The Morgan fingerprint density at radius 2 is 2.16 bits per heavy atom. The molecule has 0 fully saturated rings. The predicted octanol–water partition coefficient (Wildman–Crippen LogP) is 2.04. The van der Waals surface area contributed by atoms with Crippen LogP contribution >= 0.6 is 0 Å². The maximum absolute atomic E-state index is 13.6. The molecule has 7 heteroatoms. The third kappa shape index (κ3) is 2.87. The number of benzene rings is 1. The number of imidazole rings is 1. The molecule has 3 N–H and O–H groups in total. The van der Waals surface area contributed by atoms with Crippen molar-refractivity contribution < 1.29 is 18.7 Å². The number of aromatic nitrogens is 2. The van der Waals surface area contributed by atoms with E-state index in [1.165, 1.54) is 12.4 Å². The summed E-state index contributed by atoms with van der Waals surface area (Å²) in [6.07, 6.45) is 3.71. The molecule has 100 valence electrons. The minimum atomic E-state index is -1.50. The highest BCUT2D eigenvalue weighted by atomic mass is 19.2. The van der Waals surface area contributed by atoms with Crippen LogP contribution in [-0.2, 0) is 6.42 Å². The maximum Gasteiger partial charge on any atom is 0.338 e. The summed E-state index contributed by atoms with van der Waals surface area (Å²) in [5.74, 6) is -4.05. The zero-order chi connectivity index (χ0) is 13.8. The number of carboxylic acid groups (broad SMARTS) is 1. The van der Waals surface area contributed by atoms with Crippen LogP contribution in [0.25, 0.3) is 0 Å². The number of rotatable bonds is 5. The van der Waals surface area contributed by atoms with Gasteiger partial charge in [0.05, 0.1) is 17.6 Å². The van der Waals surface area contributed by atoms with E-state index in [-0.39, 0.29) is 5.69 Å². The van der Waals surface area contributed by atoms with Gasteiger partial charge in [0, 0.05) is 24.9 Å². The van der Waals surface area contributed by atoms with Crippen LogP contribution in [0.5, 0.6) is 0 Å². The van der Waals surface area contributed by atoms with Crippen LogP contribution < -0.4 is 5.32 Å². The Hall–Kier alpha value is -2.44. The number of aromatic carboxylic acids is 1. The van der Waals surface area contributed by atoms with Gasteiger partial charge in [0.15, 0.2) is 11.6 Å². The molecule has 0 aliphatic carbocycles. The quantitative estimate of drug-likeness (QED) is 0.774. The van der Waals surface area contributed by atoms with Crippen molar-refractivity contribution in [1.29, 1.82) is 0 Å². The number of halogens is 2. The lowest BCUT2D eigenvalue weighted by molar-refractivity contribution is 0.0690. The zero-order valence-corrected chi connectivity index (χ0v) is 9.78. The van der Waals surface area contributed by atoms with Gasteiger partial charge in [-0.25, -0.2) is 18.6 Å². The van der Waals surface area contributed by atoms with E-state index in [9.17, 15) is 13.6 Å². The molecule has 0 spiro atoms. The molecule has 0 radical (unpaired) electrons. The van der Waals surface area contributed by atoms with Gasteiger partial charge < -0.3 is 15.4 Å². The summed E-state index contributed by atoms with van der Waals surface area (Å²) in [4.78, 5) is 17.3. The number of hydrogen-bond donors (Lipinski definition) is 3. The highest BCUT2D eigenvalue weighted by Gasteiger charge is 2.17. The van der Waals surface area contributed by atoms with Crippen LogP contribution in [0.2, 0.25) is 0 Å². The second kappa shape index (κ2) is 5.47. The summed E-state index contributed by atoms with van der Waals surface area (Å²) in [6.45, 7) is 0.366. The molecule has 0 saturated carbocycles. The molecule has 2 rings (SSSR count). The first kappa shape index (κ1) is 13.0. The molecular weight excluding hydrogens is 256 g/mol. The van der Waals surface area contributed by atoms with E-state index in [2.05, 4.69) is 15.3 Å². The van der Waals surface area contributed by atoms with E-state index in [1.54, 1.807) is 6.20 Å². The molecule has 1 heterocycles. The van der Waals surface area contributed by atoms with Crippen molar-refractivity contribution in [1.82, 2.24) is 9.97 Å². The summed E-state index contributed by atoms with van der Waals surface area (Å²) in [7, 11) is 0. The molecule has 0 saturated heterocycles. The normalized spacial score (nSPS) is 10.4. The number of nitrogens with one attached hydrogen (secondary N) is 2. The van der Waals surface area contributed by atoms with E-state index >= 15 is 0 Å². The van der Waals surface area contributed by atoms with E-state index in [1.807, 2.05) is 0 Å². The third-order valence-electron chi connectivity index (χ3n) is 2.58. The number of aromatic amines is 1. The van der Waals surface area contributed by atoms with Crippen molar-refractivity contribution in [2.45, 2.75) is 6.42 Å². The number of anilines is 1. The summed E-state index contributed by atoms with van der Waals surface area (Å²) in [5, 5.41) is 11.3. The number of nitrogens with zero attached hydrogens (tertiary/aromatic N) is 1. The zero-order valence-electron chi connectivity index (χ0n) is 9.78. The topological polar surface area (TPSA) is 78.0 Å². The Morgan fingerprint density at radius 3 is 2.79 bits per heavy atom. The van der Waals surface area contributed by atoms with Crippen molar-refractivity contribution in [3.63, 3.8) is 0 Å². The van der Waals surface area contributed by atoms with Crippen molar-refractivity contribution in [2.24, 2.45) is 0 Å². The maximum atomic E-state index is 13.6. The van der Waals surface area contributed by atoms with Gasteiger partial charge in [-0.1, -0.05) is 0 Å². The van der Waals surface area contributed by atoms with Crippen LogP contribution in [-0.4, -0.2) is 27.6 Å². The Kier molecular flexibility index (Phi) is 3.74. The molecule has 0 unspecified atom stereocenters. The van der Waals surface area contributed by atoms with Crippen LogP contribution in [0, 0.1) is 11.6 Å². The highest BCUT2D eigenvalue weighted by Crippen LogP contribution is 2.20. The lowest BCUT2D eigenvalue weighted by atomic mass is 10.1. The second-order valence-corrected chi connectivity index (χ2v) is 3.85. The first-order chi connectivity index (χ1) is 9.09. The van der Waals surface area contributed by atoms with Gasteiger partial charge in [-0.3, -0.25) is 0 Å². The number of carbonyl (C=O) groups is 1. The molecule has 0 atom stereocenters. The minimum absolute atomic E-state index is 0.0676. The van der Waals surface area contributed by atoms with E-state index < -0.39 is 23.2 Å². The Morgan fingerprint density at radius 1 is 1.37 bits per heavy atom. The van der Waals surface area contributed by atoms with E-state index in [0.29, 0.717) is 13.0 Å². The minimum Gasteiger partial charge on any atom is -0.478 e. The van der Waals surface area contributed by atoms with Gasteiger partial charge in [-0.05, 0) is 12.1 Å². The first-order valence-corrected chi connectivity index (χ1v) is 5.52. The Labute approximate surface area is 107 Å². The van der Waals surface area contributed by atoms with Crippen molar-refractivity contribution in [3.05, 3.63) is 47.5 Å². The van der Waals surface area contributed by atoms with Gasteiger partial charge in [0.2, 0.25) is 0 Å². The van der Waals surface area contributed by atoms with Crippen LogP contribution in [0.15, 0.2) is 24.7 Å². The average molecular weight is 267 g/mol. The molecule has 0 amide bonds. The van der Waals surface area contributed by atoms with Crippen molar-refractivity contribution >= 4 is 11.7 Å². The highest BCUT2D eigenvalue weighted by molar-refractivity contribution is 5.88. The van der Waals surface area contributed by atoms with Gasteiger partial charge in [-0.2, -0.15) is 0 Å². The fourth-order valence-corrected chi connectivity index (χ4v) is 1.60. The molecule has 1 aromatic heterocycles. The van der Waals surface area contributed by atoms with Crippen molar-refractivity contribution in [3.8, 4) is 0 Å². The smallest absolute Gasteiger partial charge is 0.338 e. The second-order valence-electron chi connectivity index (χ2n) is 3.85. The summed E-state index contributed by atoms with van der Waals surface area (Å²) >= 11 is 0. The molecule has 5 nitrogen and oxygen atoms in total. The largest absolute Gasteiger partial charge is 0.478 e.